The number of anilines is 2. The van der Waals surface area contributed by atoms with Crippen molar-refractivity contribution < 1.29 is 9.68 Å². The second kappa shape index (κ2) is 4.00. The SMILES string of the molecule is C1=CN(c2cccc(N3C=CCO3)c2)OC1. The molecule has 1 aromatic carbocycles. The minimum atomic E-state index is 0.629. The smallest absolute Gasteiger partial charge is 0.0952 e. The highest BCUT2D eigenvalue weighted by Crippen LogP contribution is 2.26. The highest BCUT2D eigenvalue weighted by Gasteiger charge is 2.12. The zero-order valence-corrected chi connectivity index (χ0v) is 8.74. The summed E-state index contributed by atoms with van der Waals surface area (Å²) in [7, 11) is 0. The van der Waals surface area contributed by atoms with Gasteiger partial charge in [-0.1, -0.05) is 6.07 Å². The minimum absolute atomic E-state index is 0.629. The molecule has 0 aliphatic carbocycles. The van der Waals surface area contributed by atoms with Crippen molar-refractivity contribution in [2.75, 3.05) is 23.3 Å². The highest BCUT2D eigenvalue weighted by molar-refractivity contribution is 5.60. The van der Waals surface area contributed by atoms with Crippen molar-refractivity contribution >= 4 is 11.4 Å². The van der Waals surface area contributed by atoms with Gasteiger partial charge < -0.3 is 0 Å². The molecule has 0 aromatic heterocycles. The first-order valence-corrected chi connectivity index (χ1v) is 5.21. The first-order valence-electron chi connectivity index (χ1n) is 5.21. The summed E-state index contributed by atoms with van der Waals surface area (Å²) in [4.78, 5) is 10.8. The van der Waals surface area contributed by atoms with Crippen LogP contribution in [0.5, 0.6) is 0 Å². The summed E-state index contributed by atoms with van der Waals surface area (Å²) >= 11 is 0. The van der Waals surface area contributed by atoms with E-state index in [-0.39, 0.29) is 0 Å². The Balaban J connectivity index is 1.87. The molecule has 82 valence electrons. The zero-order chi connectivity index (χ0) is 10.8. The molecule has 4 heteroatoms. The van der Waals surface area contributed by atoms with E-state index in [4.69, 9.17) is 9.68 Å². The lowest BCUT2D eigenvalue weighted by Gasteiger charge is -2.18. The molecule has 2 heterocycles. The van der Waals surface area contributed by atoms with Crippen molar-refractivity contribution in [3.8, 4) is 0 Å². The van der Waals surface area contributed by atoms with E-state index in [9.17, 15) is 0 Å². The summed E-state index contributed by atoms with van der Waals surface area (Å²) < 4.78 is 0. The van der Waals surface area contributed by atoms with E-state index in [0.29, 0.717) is 13.2 Å². The fourth-order valence-corrected chi connectivity index (χ4v) is 1.70. The Labute approximate surface area is 93.9 Å². The van der Waals surface area contributed by atoms with Gasteiger partial charge in [0.2, 0.25) is 0 Å². The Bertz CT molecular complexity index is 405. The lowest BCUT2D eigenvalue weighted by atomic mass is 10.2. The van der Waals surface area contributed by atoms with Crippen molar-refractivity contribution in [3.05, 3.63) is 48.8 Å². The predicted octanol–water partition coefficient (Wildman–Crippen LogP) is 2.22. The maximum absolute atomic E-state index is 5.40. The molecule has 1 aromatic rings. The summed E-state index contributed by atoms with van der Waals surface area (Å²) in [6.07, 6.45) is 7.78. The van der Waals surface area contributed by atoms with Gasteiger partial charge in [0.15, 0.2) is 0 Å². The van der Waals surface area contributed by atoms with Crippen LogP contribution in [0.25, 0.3) is 0 Å². The molecule has 0 N–H and O–H groups in total. The monoisotopic (exact) mass is 216 g/mol. The molecule has 0 saturated carbocycles. The maximum atomic E-state index is 5.40. The van der Waals surface area contributed by atoms with Gasteiger partial charge in [-0.25, -0.2) is 10.1 Å². The Morgan fingerprint density at radius 1 is 0.875 bits per heavy atom. The van der Waals surface area contributed by atoms with E-state index >= 15 is 0 Å². The molecule has 0 fully saturated rings. The van der Waals surface area contributed by atoms with Gasteiger partial charge in [-0.15, -0.1) is 0 Å². The second-order valence-corrected chi connectivity index (χ2v) is 3.53. The normalized spacial score (nSPS) is 18.8. The van der Waals surface area contributed by atoms with E-state index in [1.165, 1.54) is 0 Å². The lowest BCUT2D eigenvalue weighted by Crippen LogP contribution is -2.14. The average molecular weight is 216 g/mol. The fraction of sp³-hybridized carbons (Fsp3) is 0.167. The van der Waals surface area contributed by atoms with Crippen LogP contribution in [-0.4, -0.2) is 13.2 Å². The van der Waals surface area contributed by atoms with Gasteiger partial charge in [-0.05, 0) is 30.4 Å². The third kappa shape index (κ3) is 1.68. The van der Waals surface area contributed by atoms with Gasteiger partial charge in [-0.3, -0.25) is 9.68 Å². The molecule has 0 atom stereocenters. The fourth-order valence-electron chi connectivity index (χ4n) is 1.70. The van der Waals surface area contributed by atoms with Gasteiger partial charge in [0.05, 0.1) is 24.6 Å². The highest BCUT2D eigenvalue weighted by atomic mass is 16.7. The van der Waals surface area contributed by atoms with E-state index in [1.807, 2.05) is 48.8 Å². The van der Waals surface area contributed by atoms with Gasteiger partial charge in [0, 0.05) is 12.4 Å². The number of hydroxylamine groups is 2. The molecule has 0 radical (unpaired) electrons. The van der Waals surface area contributed by atoms with Gasteiger partial charge in [0.25, 0.3) is 0 Å². The van der Waals surface area contributed by atoms with E-state index in [2.05, 4.69) is 0 Å². The first-order chi connectivity index (χ1) is 7.93. The van der Waals surface area contributed by atoms with Crippen LogP contribution in [0.1, 0.15) is 0 Å². The van der Waals surface area contributed by atoms with Crippen molar-refractivity contribution in [3.63, 3.8) is 0 Å². The van der Waals surface area contributed by atoms with Crippen molar-refractivity contribution in [1.82, 2.24) is 0 Å². The van der Waals surface area contributed by atoms with Crippen molar-refractivity contribution in [1.29, 1.82) is 0 Å². The lowest BCUT2D eigenvalue weighted by molar-refractivity contribution is 0.177. The van der Waals surface area contributed by atoms with Crippen LogP contribution in [0.2, 0.25) is 0 Å². The molecule has 0 amide bonds. The summed E-state index contributed by atoms with van der Waals surface area (Å²) in [5.74, 6) is 0. The van der Waals surface area contributed by atoms with Gasteiger partial charge in [-0.2, -0.15) is 0 Å². The molecule has 0 saturated heterocycles. The van der Waals surface area contributed by atoms with E-state index < -0.39 is 0 Å². The summed E-state index contributed by atoms with van der Waals surface area (Å²) in [6, 6.07) is 8.00. The van der Waals surface area contributed by atoms with Crippen LogP contribution in [-0.2, 0) is 9.68 Å². The van der Waals surface area contributed by atoms with Gasteiger partial charge in [0.1, 0.15) is 0 Å². The molecule has 16 heavy (non-hydrogen) atoms. The number of nitrogens with zero attached hydrogens (tertiary/aromatic N) is 2. The molecule has 0 spiro atoms. The summed E-state index contributed by atoms with van der Waals surface area (Å²) in [5.41, 5.74) is 1.99. The van der Waals surface area contributed by atoms with Crippen LogP contribution < -0.4 is 10.1 Å². The van der Waals surface area contributed by atoms with E-state index in [0.717, 1.165) is 11.4 Å². The molecule has 0 bridgehead atoms. The second-order valence-electron chi connectivity index (χ2n) is 3.53. The van der Waals surface area contributed by atoms with Crippen LogP contribution >= 0.6 is 0 Å². The maximum Gasteiger partial charge on any atom is 0.0952 e. The van der Waals surface area contributed by atoms with Gasteiger partial charge >= 0.3 is 0 Å². The number of benzene rings is 1. The van der Waals surface area contributed by atoms with Crippen LogP contribution in [0, 0.1) is 0 Å². The summed E-state index contributed by atoms with van der Waals surface area (Å²) in [6.45, 7) is 1.26. The van der Waals surface area contributed by atoms with E-state index in [1.54, 1.807) is 10.1 Å². The number of rotatable bonds is 2. The largest absolute Gasteiger partial charge is 0.265 e. The molecule has 2 aliphatic rings. The third-order valence-corrected chi connectivity index (χ3v) is 2.44. The molecular weight excluding hydrogens is 204 g/mol. The topological polar surface area (TPSA) is 24.9 Å². The van der Waals surface area contributed by atoms with Crippen LogP contribution in [0.3, 0.4) is 0 Å². The molecule has 0 unspecified atom stereocenters. The molecule has 4 nitrogen and oxygen atoms in total. The Kier molecular flexibility index (Phi) is 2.36. The summed E-state index contributed by atoms with van der Waals surface area (Å²) in [5, 5.41) is 3.51. The Morgan fingerprint density at radius 2 is 1.44 bits per heavy atom. The molecular formula is C12H12N2O2. The quantitative estimate of drug-likeness (QED) is 0.756. The minimum Gasteiger partial charge on any atom is -0.265 e. The third-order valence-electron chi connectivity index (χ3n) is 2.44. The predicted molar refractivity (Wildman–Crippen MR) is 61.6 cm³/mol. The number of hydrogen-bond acceptors (Lipinski definition) is 4. The molecule has 3 rings (SSSR count). The Morgan fingerprint density at radius 3 is 1.88 bits per heavy atom. The first kappa shape index (κ1) is 9.45. The van der Waals surface area contributed by atoms with Crippen molar-refractivity contribution in [2.45, 2.75) is 0 Å². The molecule has 2 aliphatic heterocycles. The average Bonchev–Trinajstić information content (AvgIpc) is 3.03. The van der Waals surface area contributed by atoms with Crippen LogP contribution in [0.15, 0.2) is 48.8 Å². The standard InChI is InChI=1S/C12H12N2O2/c1-4-11(13-6-2-8-15-13)10-12(5-1)14-7-3-9-16-14/h1-7,10H,8-9H2. The van der Waals surface area contributed by atoms with Crippen molar-refractivity contribution in [2.24, 2.45) is 0 Å². The zero-order valence-electron chi connectivity index (χ0n) is 8.74. The number of hydrogen-bond donors (Lipinski definition) is 0. The van der Waals surface area contributed by atoms with Crippen LogP contribution in [0.4, 0.5) is 11.4 Å². The Hall–Kier alpha value is -1.78.